The van der Waals surface area contributed by atoms with E-state index in [2.05, 4.69) is 10.4 Å². The molecule has 0 aliphatic heterocycles. The van der Waals surface area contributed by atoms with Crippen LogP contribution in [-0.4, -0.2) is 27.5 Å². The Morgan fingerprint density at radius 2 is 2.20 bits per heavy atom. The summed E-state index contributed by atoms with van der Waals surface area (Å²) in [5.74, 6) is -1.30. The van der Waals surface area contributed by atoms with Gasteiger partial charge in [0.1, 0.15) is 0 Å². The fraction of sp³-hybridized carbons (Fsp3) is 0.357. The van der Waals surface area contributed by atoms with E-state index >= 15 is 0 Å². The Morgan fingerprint density at radius 3 is 2.75 bits per heavy atom. The predicted molar refractivity (Wildman–Crippen MR) is 72.3 cm³/mol. The van der Waals surface area contributed by atoms with Crippen LogP contribution in [0.2, 0.25) is 0 Å². The normalized spacial score (nSPS) is 12.2. The highest BCUT2D eigenvalue weighted by atomic mass is 16.3. The summed E-state index contributed by atoms with van der Waals surface area (Å²) in [6.07, 6.45) is 1.36. The van der Waals surface area contributed by atoms with E-state index in [9.17, 15) is 9.59 Å². The summed E-state index contributed by atoms with van der Waals surface area (Å²) in [4.78, 5) is 23.5. The second-order valence-electron chi connectivity index (χ2n) is 4.79. The van der Waals surface area contributed by atoms with Crippen molar-refractivity contribution in [2.24, 2.45) is 0 Å². The van der Waals surface area contributed by atoms with E-state index in [-0.39, 0.29) is 11.8 Å². The Morgan fingerprint density at radius 1 is 1.45 bits per heavy atom. The molecule has 2 rings (SSSR count). The zero-order chi connectivity index (χ0) is 14.7. The summed E-state index contributed by atoms with van der Waals surface area (Å²) in [5.41, 5.74) is 1.94. The molecule has 6 heteroatoms. The Hall–Kier alpha value is -2.37. The number of nitrogens with zero attached hydrogens (tertiary/aromatic N) is 2. The van der Waals surface area contributed by atoms with Crippen LogP contribution >= 0.6 is 0 Å². The van der Waals surface area contributed by atoms with Crippen molar-refractivity contribution < 1.29 is 14.0 Å². The summed E-state index contributed by atoms with van der Waals surface area (Å²) < 4.78 is 6.71. The van der Waals surface area contributed by atoms with Gasteiger partial charge in [-0.05, 0) is 39.0 Å². The van der Waals surface area contributed by atoms with Gasteiger partial charge >= 0.3 is 0 Å². The number of furan rings is 1. The number of ketones is 1. The first kappa shape index (κ1) is 14.0. The van der Waals surface area contributed by atoms with Crippen molar-refractivity contribution in [3.05, 3.63) is 41.6 Å². The number of hydrogen-bond donors (Lipinski definition) is 1. The highest BCUT2D eigenvalue weighted by molar-refractivity contribution is 6.42. The molecule has 0 radical (unpaired) electrons. The van der Waals surface area contributed by atoms with Crippen LogP contribution in [0, 0.1) is 13.8 Å². The SMILES string of the molecule is Cc1cc(C)n(CC(C)NC(=O)C(=O)c2ccco2)n1. The van der Waals surface area contributed by atoms with Gasteiger partial charge in [0.2, 0.25) is 0 Å². The predicted octanol–water partition coefficient (Wildman–Crippen LogP) is 1.48. The quantitative estimate of drug-likeness (QED) is 0.662. The molecule has 6 nitrogen and oxygen atoms in total. The summed E-state index contributed by atoms with van der Waals surface area (Å²) in [6.45, 7) is 6.19. The Bertz CT molecular complexity index is 614. The second-order valence-corrected chi connectivity index (χ2v) is 4.79. The molecular formula is C14H17N3O3. The molecule has 0 saturated heterocycles. The van der Waals surface area contributed by atoms with Crippen LogP contribution in [0.1, 0.15) is 28.9 Å². The summed E-state index contributed by atoms with van der Waals surface area (Å²) in [6, 6.07) is 4.79. The molecule has 2 aromatic heterocycles. The molecule has 0 aliphatic carbocycles. The molecule has 0 aliphatic rings. The minimum Gasteiger partial charge on any atom is -0.461 e. The molecule has 0 bridgehead atoms. The van der Waals surface area contributed by atoms with Gasteiger partial charge in [-0.15, -0.1) is 0 Å². The molecule has 1 N–H and O–H groups in total. The molecule has 1 atom stereocenters. The minimum absolute atomic E-state index is 0.0424. The molecule has 1 amide bonds. The number of aromatic nitrogens is 2. The topological polar surface area (TPSA) is 77.1 Å². The first-order chi connectivity index (χ1) is 9.47. The third-order valence-corrected chi connectivity index (χ3v) is 2.88. The third-order valence-electron chi connectivity index (χ3n) is 2.88. The van der Waals surface area contributed by atoms with Crippen molar-refractivity contribution >= 4 is 11.7 Å². The van der Waals surface area contributed by atoms with Gasteiger partial charge in [0.15, 0.2) is 5.76 Å². The van der Waals surface area contributed by atoms with Gasteiger partial charge in [-0.3, -0.25) is 14.3 Å². The number of carbonyl (C=O) groups is 2. The summed E-state index contributed by atoms with van der Waals surface area (Å²) in [5, 5.41) is 6.96. The number of Topliss-reactive ketones (excluding diaryl/α,β-unsaturated/α-hetero) is 1. The van der Waals surface area contributed by atoms with E-state index in [0.717, 1.165) is 11.4 Å². The molecule has 2 heterocycles. The molecule has 1 unspecified atom stereocenters. The monoisotopic (exact) mass is 275 g/mol. The molecule has 0 aromatic carbocycles. The standard InChI is InChI=1S/C14H17N3O3/c1-9-7-11(3)17(16-9)8-10(2)15-14(19)13(18)12-5-4-6-20-12/h4-7,10H,8H2,1-3H3,(H,15,19). The molecule has 106 valence electrons. The first-order valence-corrected chi connectivity index (χ1v) is 6.37. The lowest BCUT2D eigenvalue weighted by Gasteiger charge is -2.14. The van der Waals surface area contributed by atoms with Crippen LogP contribution < -0.4 is 5.32 Å². The molecule has 20 heavy (non-hydrogen) atoms. The third kappa shape index (κ3) is 3.14. The highest BCUT2D eigenvalue weighted by Gasteiger charge is 2.20. The largest absolute Gasteiger partial charge is 0.461 e. The van der Waals surface area contributed by atoms with E-state index in [1.54, 1.807) is 10.7 Å². The fourth-order valence-electron chi connectivity index (χ4n) is 1.97. The van der Waals surface area contributed by atoms with Gasteiger partial charge in [-0.25, -0.2) is 0 Å². The maximum atomic E-state index is 11.8. The number of hydrogen-bond acceptors (Lipinski definition) is 4. The van der Waals surface area contributed by atoms with Gasteiger partial charge in [0.05, 0.1) is 18.5 Å². The van der Waals surface area contributed by atoms with E-state index in [0.29, 0.717) is 6.54 Å². The van der Waals surface area contributed by atoms with Crippen molar-refractivity contribution in [2.45, 2.75) is 33.4 Å². The number of nitrogens with one attached hydrogen (secondary N) is 1. The molecule has 2 aromatic rings. The summed E-state index contributed by atoms with van der Waals surface area (Å²) >= 11 is 0. The molecule has 0 saturated carbocycles. The lowest BCUT2D eigenvalue weighted by molar-refractivity contribution is -0.117. The average Bonchev–Trinajstić information content (AvgIpc) is 2.99. The zero-order valence-electron chi connectivity index (χ0n) is 11.7. The van der Waals surface area contributed by atoms with Crippen LogP contribution in [0.25, 0.3) is 0 Å². The second kappa shape index (κ2) is 5.73. The maximum absolute atomic E-state index is 11.8. The van der Waals surface area contributed by atoms with Gasteiger partial charge in [0.25, 0.3) is 11.7 Å². The fourth-order valence-corrected chi connectivity index (χ4v) is 1.97. The molecule has 0 spiro atoms. The number of rotatable bonds is 5. The van der Waals surface area contributed by atoms with Gasteiger partial charge in [0, 0.05) is 11.7 Å². The van der Waals surface area contributed by atoms with Crippen LogP contribution in [0.3, 0.4) is 0 Å². The van der Waals surface area contributed by atoms with Crippen LogP contribution in [0.15, 0.2) is 28.9 Å². The van der Waals surface area contributed by atoms with Crippen molar-refractivity contribution in [3.63, 3.8) is 0 Å². The lowest BCUT2D eigenvalue weighted by atomic mass is 10.2. The Labute approximate surface area is 116 Å². The first-order valence-electron chi connectivity index (χ1n) is 6.37. The van der Waals surface area contributed by atoms with Crippen LogP contribution in [0.5, 0.6) is 0 Å². The summed E-state index contributed by atoms with van der Waals surface area (Å²) in [7, 11) is 0. The van der Waals surface area contributed by atoms with Crippen molar-refractivity contribution in [2.75, 3.05) is 0 Å². The van der Waals surface area contributed by atoms with E-state index in [1.165, 1.54) is 12.3 Å². The highest BCUT2D eigenvalue weighted by Crippen LogP contribution is 2.04. The lowest BCUT2D eigenvalue weighted by Crippen LogP contribution is -2.40. The van der Waals surface area contributed by atoms with Gasteiger partial charge < -0.3 is 9.73 Å². The molecule has 0 fully saturated rings. The van der Waals surface area contributed by atoms with Crippen molar-refractivity contribution in [1.82, 2.24) is 15.1 Å². The molecular weight excluding hydrogens is 258 g/mol. The smallest absolute Gasteiger partial charge is 0.296 e. The van der Waals surface area contributed by atoms with Gasteiger partial charge in [-0.2, -0.15) is 5.10 Å². The zero-order valence-corrected chi connectivity index (χ0v) is 11.7. The number of amides is 1. The van der Waals surface area contributed by atoms with Crippen molar-refractivity contribution in [1.29, 1.82) is 0 Å². The van der Waals surface area contributed by atoms with E-state index < -0.39 is 11.7 Å². The minimum atomic E-state index is -0.672. The average molecular weight is 275 g/mol. The van der Waals surface area contributed by atoms with Crippen LogP contribution in [0.4, 0.5) is 0 Å². The van der Waals surface area contributed by atoms with E-state index in [1.807, 2.05) is 26.8 Å². The maximum Gasteiger partial charge on any atom is 0.296 e. The number of carbonyl (C=O) groups excluding carboxylic acids is 2. The number of aryl methyl sites for hydroxylation is 2. The van der Waals surface area contributed by atoms with Crippen LogP contribution in [-0.2, 0) is 11.3 Å². The van der Waals surface area contributed by atoms with Gasteiger partial charge in [-0.1, -0.05) is 0 Å². The Kier molecular flexibility index (Phi) is 4.02. The van der Waals surface area contributed by atoms with E-state index in [4.69, 9.17) is 4.42 Å². The Balaban J connectivity index is 1.94. The van der Waals surface area contributed by atoms with Crippen molar-refractivity contribution in [3.8, 4) is 0 Å².